The van der Waals surface area contributed by atoms with Crippen LogP contribution >= 0.6 is 0 Å². The summed E-state index contributed by atoms with van der Waals surface area (Å²) in [4.78, 5) is 16.4. The number of sulfonamides is 1. The largest absolute Gasteiger partial charge is 0.297 e. The van der Waals surface area contributed by atoms with Crippen LogP contribution in [0.3, 0.4) is 0 Å². The van der Waals surface area contributed by atoms with Crippen LogP contribution in [0.4, 0.5) is 0 Å². The second-order valence-corrected chi connectivity index (χ2v) is 7.09. The number of piperidine rings is 1. The molecule has 8 heteroatoms. The van der Waals surface area contributed by atoms with Crippen molar-refractivity contribution < 1.29 is 8.42 Å². The fourth-order valence-electron chi connectivity index (χ4n) is 2.64. The van der Waals surface area contributed by atoms with Crippen LogP contribution in [0, 0.1) is 0 Å². The Morgan fingerprint density at radius 3 is 2.70 bits per heavy atom. The summed E-state index contributed by atoms with van der Waals surface area (Å²) in [7, 11) is -3.12. The number of aromatic amines is 1. The molecule has 0 atom stereocenters. The van der Waals surface area contributed by atoms with Gasteiger partial charge in [0, 0.05) is 37.3 Å². The fraction of sp³-hybridized carbons (Fsp3) is 0.500. The van der Waals surface area contributed by atoms with E-state index in [2.05, 4.69) is 10.1 Å². The third-order valence-corrected chi connectivity index (χ3v) is 5.04. The number of hydrogen-bond acceptors (Lipinski definition) is 4. The van der Waals surface area contributed by atoms with Crippen LogP contribution in [0.5, 0.6) is 0 Å². The van der Waals surface area contributed by atoms with Crippen molar-refractivity contribution in [2.75, 3.05) is 19.3 Å². The topological polar surface area (TPSA) is 87.5 Å². The first kappa shape index (κ1) is 13.3. The van der Waals surface area contributed by atoms with E-state index in [9.17, 15) is 13.2 Å². The fourth-order valence-corrected chi connectivity index (χ4v) is 3.51. The summed E-state index contributed by atoms with van der Waals surface area (Å²) in [5.74, 6) is 0.139. The molecule has 1 aliphatic rings. The zero-order valence-corrected chi connectivity index (χ0v) is 11.9. The predicted octanol–water partition coefficient (Wildman–Crippen LogP) is 0.162. The van der Waals surface area contributed by atoms with Crippen molar-refractivity contribution in [3.63, 3.8) is 0 Å². The van der Waals surface area contributed by atoms with Crippen molar-refractivity contribution in [3.8, 4) is 0 Å². The lowest BCUT2D eigenvalue weighted by Gasteiger charge is -2.29. The third-order valence-electron chi connectivity index (χ3n) is 3.74. The Morgan fingerprint density at radius 1 is 1.35 bits per heavy atom. The smallest absolute Gasteiger partial charge is 0.272 e. The van der Waals surface area contributed by atoms with Crippen molar-refractivity contribution in [1.82, 2.24) is 18.9 Å². The molecule has 2 aromatic rings. The van der Waals surface area contributed by atoms with Crippen LogP contribution < -0.4 is 5.56 Å². The lowest BCUT2D eigenvalue weighted by atomic mass is 9.94. The number of nitrogens with zero attached hydrogens (tertiary/aromatic N) is 3. The molecule has 0 bridgehead atoms. The molecule has 3 rings (SSSR count). The van der Waals surface area contributed by atoms with Gasteiger partial charge >= 0.3 is 0 Å². The summed E-state index contributed by atoms with van der Waals surface area (Å²) in [6.07, 6.45) is 4.28. The van der Waals surface area contributed by atoms with Gasteiger partial charge in [-0.05, 0) is 12.8 Å². The van der Waals surface area contributed by atoms with Crippen LogP contribution in [0.1, 0.15) is 24.5 Å². The lowest BCUT2D eigenvalue weighted by Crippen LogP contribution is -2.37. The van der Waals surface area contributed by atoms with Crippen LogP contribution in [0.25, 0.3) is 5.65 Å². The summed E-state index contributed by atoms with van der Waals surface area (Å²) in [6.45, 7) is 0.968. The highest BCUT2D eigenvalue weighted by Gasteiger charge is 2.26. The van der Waals surface area contributed by atoms with Gasteiger partial charge in [-0.3, -0.25) is 9.89 Å². The summed E-state index contributed by atoms with van der Waals surface area (Å²) in [6, 6.07) is 3.28. The Balaban J connectivity index is 1.85. The first-order valence-electron chi connectivity index (χ1n) is 6.47. The standard InChI is InChI=1S/C12H16N4O3S/c1-20(18,19)15-6-3-9(4-7-15)10-8-12(17)16-11(14-10)2-5-13-16/h2,5,8-9,13H,3-4,6-7H2,1H3. The SMILES string of the molecule is CS(=O)(=O)N1CCC(c2cc(=O)n3[nH]ccc3n2)CC1. The van der Waals surface area contributed by atoms with E-state index in [0.29, 0.717) is 31.6 Å². The summed E-state index contributed by atoms with van der Waals surface area (Å²) in [5.41, 5.74) is 1.21. The van der Waals surface area contributed by atoms with Gasteiger partial charge in [-0.15, -0.1) is 0 Å². The zero-order valence-electron chi connectivity index (χ0n) is 11.1. The summed E-state index contributed by atoms with van der Waals surface area (Å²) in [5, 5.41) is 2.80. The first-order valence-corrected chi connectivity index (χ1v) is 8.32. The third kappa shape index (κ3) is 2.36. The lowest BCUT2D eigenvalue weighted by molar-refractivity contribution is 0.318. The molecule has 0 aliphatic carbocycles. The summed E-state index contributed by atoms with van der Waals surface area (Å²) >= 11 is 0. The van der Waals surface area contributed by atoms with Crippen molar-refractivity contribution in [3.05, 3.63) is 34.4 Å². The van der Waals surface area contributed by atoms with E-state index in [1.54, 1.807) is 12.3 Å². The first-order chi connectivity index (χ1) is 9.45. The van der Waals surface area contributed by atoms with Crippen molar-refractivity contribution in [1.29, 1.82) is 0 Å². The number of H-pyrrole nitrogens is 1. The zero-order chi connectivity index (χ0) is 14.3. The highest BCUT2D eigenvalue weighted by atomic mass is 32.2. The molecule has 0 aromatic carbocycles. The molecule has 20 heavy (non-hydrogen) atoms. The van der Waals surface area contributed by atoms with E-state index in [1.807, 2.05) is 0 Å². The normalized spacial score (nSPS) is 18.6. The second kappa shape index (κ2) is 4.71. The predicted molar refractivity (Wildman–Crippen MR) is 74.2 cm³/mol. The minimum Gasteiger partial charge on any atom is -0.297 e. The maximum atomic E-state index is 11.9. The molecule has 0 radical (unpaired) electrons. The van der Waals surface area contributed by atoms with E-state index in [0.717, 1.165) is 5.69 Å². The van der Waals surface area contributed by atoms with E-state index in [-0.39, 0.29) is 11.5 Å². The quantitative estimate of drug-likeness (QED) is 0.855. The molecular formula is C12H16N4O3S. The maximum absolute atomic E-state index is 11.9. The van der Waals surface area contributed by atoms with Gasteiger partial charge in [0.15, 0.2) is 5.65 Å². The maximum Gasteiger partial charge on any atom is 0.272 e. The van der Waals surface area contributed by atoms with E-state index in [4.69, 9.17) is 0 Å². The Bertz CT molecular complexity index is 784. The number of hydrogen-bond donors (Lipinski definition) is 1. The molecule has 108 valence electrons. The van der Waals surface area contributed by atoms with Gasteiger partial charge in [-0.2, -0.15) is 0 Å². The molecule has 1 N–H and O–H groups in total. The van der Waals surface area contributed by atoms with Crippen molar-refractivity contribution in [2.45, 2.75) is 18.8 Å². The van der Waals surface area contributed by atoms with Crippen LogP contribution in [0.2, 0.25) is 0 Å². The van der Waals surface area contributed by atoms with E-state index in [1.165, 1.54) is 21.1 Å². The highest BCUT2D eigenvalue weighted by molar-refractivity contribution is 7.88. The van der Waals surface area contributed by atoms with Gasteiger partial charge in [-0.25, -0.2) is 22.2 Å². The molecule has 0 unspecified atom stereocenters. The van der Waals surface area contributed by atoms with Gasteiger partial charge < -0.3 is 0 Å². The van der Waals surface area contributed by atoms with Gasteiger partial charge in [0.25, 0.3) is 5.56 Å². The Kier molecular flexibility index (Phi) is 3.14. The molecule has 1 saturated heterocycles. The van der Waals surface area contributed by atoms with Crippen LogP contribution in [-0.2, 0) is 10.0 Å². The average Bonchev–Trinajstić information content (AvgIpc) is 2.86. The second-order valence-electron chi connectivity index (χ2n) is 5.11. The molecule has 7 nitrogen and oxygen atoms in total. The minimum atomic E-state index is -3.12. The highest BCUT2D eigenvalue weighted by Crippen LogP contribution is 2.27. The molecule has 1 fully saturated rings. The molecule has 0 saturated carbocycles. The van der Waals surface area contributed by atoms with Crippen LogP contribution in [0.15, 0.2) is 23.1 Å². The number of aromatic nitrogens is 3. The van der Waals surface area contributed by atoms with Crippen LogP contribution in [-0.4, -0.2) is 46.7 Å². The number of nitrogens with one attached hydrogen (secondary N) is 1. The molecule has 3 heterocycles. The monoisotopic (exact) mass is 296 g/mol. The Labute approximate surface area is 116 Å². The molecular weight excluding hydrogens is 280 g/mol. The minimum absolute atomic E-state index is 0.138. The van der Waals surface area contributed by atoms with E-state index >= 15 is 0 Å². The van der Waals surface area contributed by atoms with Crippen molar-refractivity contribution in [2.24, 2.45) is 0 Å². The molecule has 0 spiro atoms. The summed E-state index contributed by atoms with van der Waals surface area (Å²) < 4.78 is 25.8. The molecule has 0 amide bonds. The average molecular weight is 296 g/mol. The van der Waals surface area contributed by atoms with Gasteiger partial charge in [0.05, 0.1) is 11.9 Å². The van der Waals surface area contributed by atoms with Crippen molar-refractivity contribution >= 4 is 15.7 Å². The Morgan fingerprint density at radius 2 is 2.05 bits per heavy atom. The Hall–Kier alpha value is -1.67. The molecule has 2 aromatic heterocycles. The van der Waals surface area contributed by atoms with Gasteiger partial charge in [-0.1, -0.05) is 0 Å². The number of fused-ring (bicyclic) bond motifs is 1. The molecule has 1 aliphatic heterocycles. The number of rotatable bonds is 2. The van der Waals surface area contributed by atoms with E-state index < -0.39 is 10.0 Å². The van der Waals surface area contributed by atoms with Gasteiger partial charge in [0.2, 0.25) is 10.0 Å². The van der Waals surface area contributed by atoms with Gasteiger partial charge in [0.1, 0.15) is 0 Å².